The highest BCUT2D eigenvalue weighted by molar-refractivity contribution is 5.95. The summed E-state index contributed by atoms with van der Waals surface area (Å²) in [6, 6.07) is 0. The first-order chi connectivity index (χ1) is 11.7. The van der Waals surface area contributed by atoms with Crippen LogP contribution in [0.15, 0.2) is 36.5 Å². The first-order valence-electron chi connectivity index (χ1n) is 9.09. The summed E-state index contributed by atoms with van der Waals surface area (Å²) < 4.78 is 0. The van der Waals surface area contributed by atoms with E-state index in [0.29, 0.717) is 6.42 Å². The zero-order valence-corrected chi connectivity index (χ0v) is 15.0. The molecular weight excluding hydrogens is 302 g/mol. The van der Waals surface area contributed by atoms with Crippen LogP contribution in [0.5, 0.6) is 0 Å². The Balaban J connectivity index is 3.45. The van der Waals surface area contributed by atoms with Crippen LogP contribution in [0.2, 0.25) is 0 Å². The van der Waals surface area contributed by atoms with Crippen LogP contribution < -0.4 is 5.32 Å². The predicted octanol–water partition coefficient (Wildman–Crippen LogP) is 4.21. The summed E-state index contributed by atoms with van der Waals surface area (Å²) in [5, 5.41) is 10.6. The van der Waals surface area contributed by atoms with Crippen molar-refractivity contribution in [1.29, 1.82) is 0 Å². The topological polar surface area (TPSA) is 66.4 Å². The SMILES string of the molecule is CCCCC/C=C\C/C=C\C/C=C\CCCCC(=O)NC(=O)CO. The summed E-state index contributed by atoms with van der Waals surface area (Å²) in [5.41, 5.74) is 0. The lowest BCUT2D eigenvalue weighted by atomic mass is 10.1. The van der Waals surface area contributed by atoms with Crippen LogP contribution in [0, 0.1) is 0 Å². The van der Waals surface area contributed by atoms with Crippen molar-refractivity contribution in [2.24, 2.45) is 0 Å². The Kier molecular flexibility index (Phi) is 16.4. The largest absolute Gasteiger partial charge is 0.387 e. The monoisotopic (exact) mass is 335 g/mol. The van der Waals surface area contributed by atoms with Crippen molar-refractivity contribution in [2.75, 3.05) is 6.61 Å². The highest BCUT2D eigenvalue weighted by Gasteiger charge is 2.04. The van der Waals surface area contributed by atoms with Crippen LogP contribution in [0.4, 0.5) is 0 Å². The number of unbranched alkanes of at least 4 members (excludes halogenated alkanes) is 5. The molecule has 0 aliphatic heterocycles. The van der Waals surface area contributed by atoms with Gasteiger partial charge in [0.1, 0.15) is 6.61 Å². The number of carbonyl (C=O) groups is 2. The van der Waals surface area contributed by atoms with E-state index in [0.717, 1.165) is 32.1 Å². The second kappa shape index (κ2) is 17.7. The van der Waals surface area contributed by atoms with E-state index in [1.807, 2.05) is 0 Å². The molecule has 0 heterocycles. The highest BCUT2D eigenvalue weighted by atomic mass is 16.3. The van der Waals surface area contributed by atoms with Crippen molar-refractivity contribution < 1.29 is 14.7 Å². The maximum absolute atomic E-state index is 11.3. The fourth-order valence-electron chi connectivity index (χ4n) is 2.10. The third kappa shape index (κ3) is 16.7. The molecule has 0 atom stereocenters. The number of nitrogens with one attached hydrogen (secondary N) is 1. The number of rotatable bonds is 14. The molecule has 24 heavy (non-hydrogen) atoms. The van der Waals surface area contributed by atoms with Gasteiger partial charge in [-0.25, -0.2) is 0 Å². The van der Waals surface area contributed by atoms with Crippen molar-refractivity contribution in [2.45, 2.75) is 71.1 Å². The van der Waals surface area contributed by atoms with Crippen molar-refractivity contribution in [3.05, 3.63) is 36.5 Å². The number of imide groups is 1. The lowest BCUT2D eigenvalue weighted by Gasteiger charge is -2.00. The number of allylic oxidation sites excluding steroid dienone is 6. The molecule has 0 rings (SSSR count). The molecule has 0 fully saturated rings. The average Bonchev–Trinajstić information content (AvgIpc) is 2.58. The van der Waals surface area contributed by atoms with Gasteiger partial charge in [-0.3, -0.25) is 14.9 Å². The Morgan fingerprint density at radius 3 is 1.88 bits per heavy atom. The van der Waals surface area contributed by atoms with Gasteiger partial charge in [0.25, 0.3) is 5.91 Å². The van der Waals surface area contributed by atoms with Crippen LogP contribution in [-0.2, 0) is 9.59 Å². The third-order valence-corrected chi connectivity index (χ3v) is 3.47. The summed E-state index contributed by atoms with van der Waals surface area (Å²) >= 11 is 0. The molecule has 4 heteroatoms. The molecular formula is C20H33NO3. The van der Waals surface area contributed by atoms with Gasteiger partial charge >= 0.3 is 0 Å². The van der Waals surface area contributed by atoms with E-state index in [2.05, 4.69) is 48.7 Å². The first-order valence-corrected chi connectivity index (χ1v) is 9.09. The molecule has 2 N–H and O–H groups in total. The van der Waals surface area contributed by atoms with Gasteiger partial charge < -0.3 is 5.11 Å². The Bertz CT molecular complexity index is 411. The summed E-state index contributed by atoms with van der Waals surface area (Å²) in [5.74, 6) is -0.953. The van der Waals surface area contributed by atoms with Crippen molar-refractivity contribution in [3.63, 3.8) is 0 Å². The number of hydrogen-bond donors (Lipinski definition) is 2. The van der Waals surface area contributed by atoms with E-state index >= 15 is 0 Å². The predicted molar refractivity (Wildman–Crippen MR) is 99.5 cm³/mol. The maximum Gasteiger partial charge on any atom is 0.252 e. The van der Waals surface area contributed by atoms with Gasteiger partial charge in [-0.1, -0.05) is 56.2 Å². The lowest BCUT2D eigenvalue weighted by molar-refractivity contribution is -0.132. The van der Waals surface area contributed by atoms with E-state index < -0.39 is 12.5 Å². The van der Waals surface area contributed by atoms with Crippen LogP contribution in [0.1, 0.15) is 71.1 Å². The molecule has 2 amide bonds. The van der Waals surface area contributed by atoms with Crippen LogP contribution in [0.3, 0.4) is 0 Å². The summed E-state index contributed by atoms with van der Waals surface area (Å²) in [4.78, 5) is 22.0. The second-order valence-corrected chi connectivity index (χ2v) is 5.76. The molecule has 0 aromatic heterocycles. The average molecular weight is 335 g/mol. The Morgan fingerprint density at radius 1 is 0.792 bits per heavy atom. The minimum atomic E-state index is -0.642. The van der Waals surface area contributed by atoms with Gasteiger partial charge in [0.2, 0.25) is 5.91 Å². The number of aliphatic hydroxyl groups is 1. The second-order valence-electron chi connectivity index (χ2n) is 5.76. The minimum absolute atomic E-state index is 0.316. The fourth-order valence-corrected chi connectivity index (χ4v) is 2.10. The van der Waals surface area contributed by atoms with Gasteiger partial charge in [0, 0.05) is 6.42 Å². The van der Waals surface area contributed by atoms with Gasteiger partial charge in [0.15, 0.2) is 0 Å². The maximum atomic E-state index is 11.3. The number of hydrogen-bond acceptors (Lipinski definition) is 3. The van der Waals surface area contributed by atoms with Gasteiger partial charge in [-0.15, -0.1) is 0 Å². The highest BCUT2D eigenvalue weighted by Crippen LogP contribution is 2.02. The summed E-state index contributed by atoms with van der Waals surface area (Å²) in [6.45, 7) is 1.58. The van der Waals surface area contributed by atoms with E-state index in [1.165, 1.54) is 25.7 Å². The number of carbonyl (C=O) groups excluding carboxylic acids is 2. The molecule has 136 valence electrons. The molecule has 0 radical (unpaired) electrons. The van der Waals surface area contributed by atoms with Crippen molar-refractivity contribution >= 4 is 11.8 Å². The molecule has 0 saturated heterocycles. The molecule has 0 unspecified atom stereocenters. The smallest absolute Gasteiger partial charge is 0.252 e. The quantitative estimate of drug-likeness (QED) is 0.369. The standard InChI is InChI=1S/C20H33NO3/c1-2-3-4-5-6-7-8-9-10-11-12-13-14-15-16-17-19(23)21-20(24)18-22/h6-7,9-10,12-13,22H,2-5,8,11,14-18H2,1H3,(H,21,23,24)/b7-6-,10-9-,13-12-. The molecule has 0 aromatic carbocycles. The fraction of sp³-hybridized carbons (Fsp3) is 0.600. The molecule has 4 nitrogen and oxygen atoms in total. The minimum Gasteiger partial charge on any atom is -0.387 e. The van der Waals surface area contributed by atoms with Crippen LogP contribution >= 0.6 is 0 Å². The molecule has 0 aliphatic carbocycles. The first kappa shape index (κ1) is 22.3. The van der Waals surface area contributed by atoms with Crippen molar-refractivity contribution in [1.82, 2.24) is 5.32 Å². The van der Waals surface area contributed by atoms with Crippen LogP contribution in [0.25, 0.3) is 0 Å². The molecule has 0 bridgehead atoms. The summed E-state index contributed by atoms with van der Waals surface area (Å²) in [6.07, 6.45) is 23.0. The molecule has 0 aliphatic rings. The zero-order chi connectivity index (χ0) is 17.9. The van der Waals surface area contributed by atoms with Gasteiger partial charge in [-0.2, -0.15) is 0 Å². The molecule has 0 spiro atoms. The van der Waals surface area contributed by atoms with Crippen molar-refractivity contribution in [3.8, 4) is 0 Å². The Labute approximate surface area is 146 Å². The third-order valence-electron chi connectivity index (χ3n) is 3.47. The summed E-state index contributed by atoms with van der Waals surface area (Å²) in [7, 11) is 0. The van der Waals surface area contributed by atoms with E-state index in [4.69, 9.17) is 5.11 Å². The van der Waals surface area contributed by atoms with E-state index in [-0.39, 0.29) is 5.91 Å². The Morgan fingerprint density at radius 2 is 1.33 bits per heavy atom. The van der Waals surface area contributed by atoms with Gasteiger partial charge in [-0.05, 0) is 44.9 Å². The van der Waals surface area contributed by atoms with Gasteiger partial charge in [0.05, 0.1) is 0 Å². The zero-order valence-electron chi connectivity index (χ0n) is 15.0. The molecule has 0 saturated carbocycles. The number of amides is 2. The molecule has 0 aromatic rings. The number of aliphatic hydroxyl groups excluding tert-OH is 1. The van der Waals surface area contributed by atoms with Crippen LogP contribution in [-0.4, -0.2) is 23.5 Å². The normalized spacial score (nSPS) is 11.8. The van der Waals surface area contributed by atoms with E-state index in [9.17, 15) is 9.59 Å². The Hall–Kier alpha value is -1.68. The van der Waals surface area contributed by atoms with E-state index in [1.54, 1.807) is 0 Å². The lowest BCUT2D eigenvalue weighted by Crippen LogP contribution is -2.32.